The first-order valence-electron chi connectivity index (χ1n) is 9.43. The second-order valence-corrected chi connectivity index (χ2v) is 6.92. The maximum atomic E-state index is 9.08. The van der Waals surface area contributed by atoms with Crippen molar-refractivity contribution in [3.8, 4) is 11.3 Å². The third-order valence-electron chi connectivity index (χ3n) is 5.05. The Labute approximate surface area is 166 Å². The van der Waals surface area contributed by atoms with Gasteiger partial charge in [0.1, 0.15) is 5.52 Å². The van der Waals surface area contributed by atoms with Crippen molar-refractivity contribution >= 4 is 22.1 Å². The molecule has 0 radical (unpaired) electrons. The Morgan fingerprint density at radius 2 is 2.00 bits per heavy atom. The fourth-order valence-corrected chi connectivity index (χ4v) is 3.46. The van der Waals surface area contributed by atoms with E-state index in [1.165, 1.54) is 0 Å². The third kappa shape index (κ3) is 3.13. The van der Waals surface area contributed by atoms with E-state index in [-0.39, 0.29) is 12.6 Å². The maximum absolute atomic E-state index is 9.08. The summed E-state index contributed by atoms with van der Waals surface area (Å²) < 4.78 is 3.54. The Morgan fingerprint density at radius 1 is 1.10 bits per heavy atom. The minimum atomic E-state index is -0.0375. The predicted molar refractivity (Wildman–Crippen MR) is 109 cm³/mol. The summed E-state index contributed by atoms with van der Waals surface area (Å²) in [5.74, 6) is 0. The summed E-state index contributed by atoms with van der Waals surface area (Å²) in [5.41, 5.74) is 5.21. The molecule has 0 aliphatic heterocycles. The number of benzene rings is 1. The van der Waals surface area contributed by atoms with E-state index in [1.807, 2.05) is 35.1 Å². The molecule has 0 aliphatic carbocycles. The van der Waals surface area contributed by atoms with E-state index in [0.717, 1.165) is 38.9 Å². The summed E-state index contributed by atoms with van der Waals surface area (Å²) in [6, 6.07) is 14.0. The van der Waals surface area contributed by atoms with Gasteiger partial charge in [-0.25, -0.2) is 9.67 Å². The zero-order valence-corrected chi connectivity index (χ0v) is 15.8. The second kappa shape index (κ2) is 7.06. The van der Waals surface area contributed by atoms with Crippen molar-refractivity contribution in [1.82, 2.24) is 34.7 Å². The summed E-state index contributed by atoms with van der Waals surface area (Å²) in [5, 5.41) is 23.1. The molecule has 5 aromatic rings. The normalized spacial score (nSPS) is 12.6. The van der Waals surface area contributed by atoms with Crippen molar-refractivity contribution in [2.75, 3.05) is 6.61 Å². The molecule has 0 fully saturated rings. The fourth-order valence-electron chi connectivity index (χ4n) is 3.46. The Balaban J connectivity index is 1.55. The van der Waals surface area contributed by atoms with E-state index in [4.69, 9.17) is 10.1 Å². The molecule has 8 nitrogen and oxygen atoms in total. The van der Waals surface area contributed by atoms with Crippen LogP contribution in [0.15, 0.2) is 61.1 Å². The third-order valence-corrected chi connectivity index (χ3v) is 5.05. The molecule has 0 aliphatic rings. The van der Waals surface area contributed by atoms with Crippen molar-refractivity contribution in [1.29, 1.82) is 0 Å². The van der Waals surface area contributed by atoms with Crippen LogP contribution in [0.25, 0.3) is 33.3 Å². The Hall–Kier alpha value is -3.65. The van der Waals surface area contributed by atoms with Gasteiger partial charge >= 0.3 is 0 Å². The molecule has 8 heteroatoms. The zero-order valence-electron chi connectivity index (χ0n) is 15.8. The van der Waals surface area contributed by atoms with Crippen LogP contribution in [0, 0.1) is 0 Å². The molecule has 1 N–H and O–H groups in total. The predicted octanol–water partition coefficient (Wildman–Crippen LogP) is 2.84. The molecular formula is C21H19N7O. The molecule has 1 unspecified atom stereocenters. The molecule has 1 atom stereocenters. The molecule has 0 bridgehead atoms. The van der Waals surface area contributed by atoms with Crippen LogP contribution in [0.2, 0.25) is 0 Å². The van der Waals surface area contributed by atoms with E-state index < -0.39 is 0 Å². The lowest BCUT2D eigenvalue weighted by Gasteiger charge is -2.13. The van der Waals surface area contributed by atoms with Gasteiger partial charge < -0.3 is 5.11 Å². The molecule has 1 aromatic carbocycles. The standard InChI is InChI=1S/C21H19N7O/c1-14(15-4-5-18-16(11-15)3-2-8-22-18)28-21-20(25-26-28)7-6-19(24-21)17-12-23-27(13-17)9-10-29/h2-8,11-14,29H,9-10H2,1H3. The molecule has 0 spiro atoms. The average Bonchev–Trinajstić information content (AvgIpc) is 3.40. The number of aliphatic hydroxyl groups excluding tert-OH is 1. The Morgan fingerprint density at radius 3 is 2.90 bits per heavy atom. The van der Waals surface area contributed by atoms with Gasteiger partial charge in [0.2, 0.25) is 0 Å². The lowest BCUT2D eigenvalue weighted by Crippen LogP contribution is -2.09. The van der Waals surface area contributed by atoms with E-state index in [2.05, 4.69) is 45.5 Å². The number of aliphatic hydroxyl groups is 1. The highest BCUT2D eigenvalue weighted by atomic mass is 16.3. The highest BCUT2D eigenvalue weighted by Gasteiger charge is 2.16. The minimum absolute atomic E-state index is 0.0375. The Bertz CT molecular complexity index is 1310. The van der Waals surface area contributed by atoms with Gasteiger partial charge in [0, 0.05) is 23.3 Å². The number of pyridine rings is 2. The van der Waals surface area contributed by atoms with Crippen LogP contribution in [0.4, 0.5) is 0 Å². The van der Waals surface area contributed by atoms with Gasteiger partial charge in [0.25, 0.3) is 0 Å². The zero-order chi connectivity index (χ0) is 19.8. The molecule has 4 aromatic heterocycles. The summed E-state index contributed by atoms with van der Waals surface area (Å²) in [7, 11) is 0. The van der Waals surface area contributed by atoms with Crippen LogP contribution in [0.1, 0.15) is 18.5 Å². The average molecular weight is 385 g/mol. The number of nitrogens with zero attached hydrogens (tertiary/aromatic N) is 7. The van der Waals surface area contributed by atoms with Crippen molar-refractivity contribution in [3.63, 3.8) is 0 Å². The molecule has 0 saturated heterocycles. The van der Waals surface area contributed by atoms with E-state index >= 15 is 0 Å². The highest BCUT2D eigenvalue weighted by Crippen LogP contribution is 2.25. The fraction of sp³-hybridized carbons (Fsp3) is 0.190. The van der Waals surface area contributed by atoms with Crippen LogP contribution in [0.3, 0.4) is 0 Å². The van der Waals surface area contributed by atoms with Gasteiger partial charge in [-0.3, -0.25) is 9.67 Å². The summed E-state index contributed by atoms with van der Waals surface area (Å²) in [6.07, 6.45) is 5.42. The first-order valence-corrected chi connectivity index (χ1v) is 9.43. The molecule has 5 rings (SSSR count). The number of hydrogen-bond acceptors (Lipinski definition) is 6. The molecule has 29 heavy (non-hydrogen) atoms. The largest absolute Gasteiger partial charge is 0.394 e. The molecule has 4 heterocycles. The topological polar surface area (TPSA) is 94.5 Å². The van der Waals surface area contributed by atoms with Gasteiger partial charge in [-0.2, -0.15) is 5.10 Å². The van der Waals surface area contributed by atoms with Gasteiger partial charge in [-0.15, -0.1) is 5.10 Å². The quantitative estimate of drug-likeness (QED) is 0.500. The van der Waals surface area contributed by atoms with Crippen LogP contribution >= 0.6 is 0 Å². The van der Waals surface area contributed by atoms with Crippen molar-refractivity contribution in [2.24, 2.45) is 0 Å². The SMILES string of the molecule is CC(c1ccc2ncccc2c1)n1nnc2ccc(-c3cnn(CCO)c3)nc21. The van der Waals surface area contributed by atoms with Gasteiger partial charge in [0.15, 0.2) is 5.65 Å². The van der Waals surface area contributed by atoms with Crippen LogP contribution in [0.5, 0.6) is 0 Å². The molecule has 144 valence electrons. The van der Waals surface area contributed by atoms with Gasteiger partial charge in [-0.1, -0.05) is 17.3 Å². The monoisotopic (exact) mass is 385 g/mol. The van der Waals surface area contributed by atoms with Gasteiger partial charge in [0.05, 0.1) is 36.6 Å². The Kier molecular flexibility index (Phi) is 4.25. The number of hydrogen-bond donors (Lipinski definition) is 1. The number of fused-ring (bicyclic) bond motifs is 2. The number of rotatable bonds is 5. The first-order chi connectivity index (χ1) is 14.2. The van der Waals surface area contributed by atoms with Crippen LogP contribution in [-0.2, 0) is 6.54 Å². The van der Waals surface area contributed by atoms with E-state index in [9.17, 15) is 0 Å². The van der Waals surface area contributed by atoms with Crippen LogP contribution in [-0.4, -0.2) is 46.5 Å². The van der Waals surface area contributed by atoms with Crippen molar-refractivity contribution in [2.45, 2.75) is 19.5 Å². The molecular weight excluding hydrogens is 366 g/mol. The van der Waals surface area contributed by atoms with E-state index in [0.29, 0.717) is 6.54 Å². The smallest absolute Gasteiger partial charge is 0.179 e. The minimum Gasteiger partial charge on any atom is -0.394 e. The summed E-state index contributed by atoms with van der Waals surface area (Å²) >= 11 is 0. The number of aromatic nitrogens is 7. The first kappa shape index (κ1) is 17.4. The summed E-state index contributed by atoms with van der Waals surface area (Å²) in [6.45, 7) is 2.58. The van der Waals surface area contributed by atoms with Crippen molar-refractivity contribution < 1.29 is 5.11 Å². The lowest BCUT2D eigenvalue weighted by atomic mass is 10.1. The second-order valence-electron chi connectivity index (χ2n) is 6.92. The summed E-state index contributed by atoms with van der Waals surface area (Å²) in [4.78, 5) is 9.18. The van der Waals surface area contributed by atoms with E-state index in [1.54, 1.807) is 17.1 Å². The van der Waals surface area contributed by atoms with Crippen molar-refractivity contribution in [3.05, 3.63) is 66.6 Å². The van der Waals surface area contributed by atoms with Gasteiger partial charge in [-0.05, 0) is 42.8 Å². The van der Waals surface area contributed by atoms with Crippen LogP contribution < -0.4 is 0 Å². The highest BCUT2D eigenvalue weighted by molar-refractivity contribution is 5.79. The molecule has 0 saturated carbocycles. The molecule has 0 amide bonds. The maximum Gasteiger partial charge on any atom is 0.179 e. The lowest BCUT2D eigenvalue weighted by molar-refractivity contribution is 0.269.